The van der Waals surface area contributed by atoms with Crippen molar-refractivity contribution < 1.29 is 51.7 Å². The molecule has 14 heteroatoms. The number of hydrogen-bond donors (Lipinski definition) is 4. The highest BCUT2D eigenvalue weighted by Gasteiger charge is 2.34. The predicted molar refractivity (Wildman–Crippen MR) is 136 cm³/mol. The number of rotatable bonds is 16. The van der Waals surface area contributed by atoms with Gasteiger partial charge >= 0.3 is 18.2 Å². The van der Waals surface area contributed by atoms with Crippen LogP contribution in [0.2, 0.25) is 0 Å². The Morgan fingerprint density at radius 3 is 2.05 bits per heavy atom. The Bertz CT molecular complexity index is 1000. The van der Waals surface area contributed by atoms with Crippen LogP contribution in [-0.2, 0) is 35.3 Å². The third-order valence-corrected chi connectivity index (χ3v) is 5.82. The Morgan fingerprint density at radius 1 is 0.925 bits per heavy atom. The summed E-state index contributed by atoms with van der Waals surface area (Å²) in [6.45, 7) is 3.81. The molecule has 11 nitrogen and oxygen atoms in total. The van der Waals surface area contributed by atoms with Crippen LogP contribution in [0.1, 0.15) is 46.1 Å². The number of benzene rings is 1. The van der Waals surface area contributed by atoms with Crippen molar-refractivity contribution in [3.05, 3.63) is 35.9 Å². The van der Waals surface area contributed by atoms with Gasteiger partial charge in [0.25, 0.3) is 0 Å². The summed E-state index contributed by atoms with van der Waals surface area (Å²) in [5, 5.41) is 16.3. The molecule has 4 atom stereocenters. The highest BCUT2D eigenvalue weighted by molar-refractivity contribution is 5.96. The van der Waals surface area contributed by atoms with E-state index in [1.807, 2.05) is 0 Å². The van der Waals surface area contributed by atoms with Crippen molar-refractivity contribution in [2.75, 3.05) is 13.2 Å². The molecule has 0 saturated heterocycles. The number of nitrogens with one attached hydrogen (secondary N) is 3. The quantitative estimate of drug-likeness (QED) is 0.234. The highest BCUT2D eigenvalue weighted by Crippen LogP contribution is 2.15. The molecule has 1 rings (SSSR count). The maximum absolute atomic E-state index is 13.1. The SMILES string of the molecule is CC[C@H](C)[C@H](NC(=O)[C@@H](NC(=O)OCc1ccccc1)C(C)C)C(=O)N[C@@H](CC(=O)O)C(=O)COCC(F)(F)F. The van der Waals surface area contributed by atoms with Gasteiger partial charge in [-0.25, -0.2) is 4.79 Å². The highest BCUT2D eigenvalue weighted by atomic mass is 19.4. The second-order valence-electron chi connectivity index (χ2n) is 9.53. The van der Waals surface area contributed by atoms with Gasteiger partial charge in [-0.2, -0.15) is 13.2 Å². The number of alkyl halides is 3. The van der Waals surface area contributed by atoms with Gasteiger partial charge in [0.05, 0.1) is 6.42 Å². The van der Waals surface area contributed by atoms with E-state index >= 15 is 0 Å². The molecule has 0 aliphatic heterocycles. The Hall–Kier alpha value is -3.68. The lowest BCUT2D eigenvalue weighted by Crippen LogP contribution is -2.59. The van der Waals surface area contributed by atoms with E-state index in [9.17, 15) is 37.1 Å². The number of carbonyl (C=O) groups is 5. The van der Waals surface area contributed by atoms with E-state index in [4.69, 9.17) is 9.84 Å². The molecule has 0 unspecified atom stereocenters. The van der Waals surface area contributed by atoms with E-state index < -0.39 is 85.4 Å². The molecule has 1 aromatic carbocycles. The van der Waals surface area contributed by atoms with Crippen molar-refractivity contribution >= 4 is 29.7 Å². The van der Waals surface area contributed by atoms with Crippen molar-refractivity contribution in [3.63, 3.8) is 0 Å². The number of amides is 3. The lowest BCUT2D eigenvalue weighted by atomic mass is 9.96. The zero-order valence-corrected chi connectivity index (χ0v) is 22.7. The number of carbonyl (C=O) groups excluding carboxylic acids is 4. The van der Waals surface area contributed by atoms with Gasteiger partial charge in [0.1, 0.15) is 37.9 Å². The normalized spacial score (nSPS) is 14.4. The summed E-state index contributed by atoms with van der Waals surface area (Å²) in [5.41, 5.74) is 0.728. The average molecular weight is 576 g/mol. The summed E-state index contributed by atoms with van der Waals surface area (Å²) in [7, 11) is 0. The Balaban J connectivity index is 2.93. The van der Waals surface area contributed by atoms with E-state index in [-0.39, 0.29) is 6.61 Å². The number of carboxylic acid groups (broad SMARTS) is 1. The first-order valence-corrected chi connectivity index (χ1v) is 12.6. The number of halogens is 3. The molecule has 0 radical (unpaired) electrons. The van der Waals surface area contributed by atoms with Crippen molar-refractivity contribution in [3.8, 4) is 0 Å². The fourth-order valence-corrected chi connectivity index (χ4v) is 3.42. The van der Waals surface area contributed by atoms with Gasteiger partial charge in [-0.15, -0.1) is 0 Å². The van der Waals surface area contributed by atoms with E-state index in [1.165, 1.54) is 0 Å². The van der Waals surface area contributed by atoms with Crippen LogP contribution >= 0.6 is 0 Å². The standard InChI is InChI=1S/C26H36F3N3O8/c1-5-16(4)22(24(37)30-18(11-20(34)35)19(33)13-39-14-26(27,28)29)31-23(36)21(15(2)3)32-25(38)40-12-17-9-7-6-8-10-17/h6-10,15-16,18,21-22H,5,11-14H2,1-4H3,(H,30,37)(H,31,36)(H,32,38)(H,34,35)/t16-,18-,21-,22-/m0/s1. The largest absolute Gasteiger partial charge is 0.481 e. The van der Waals surface area contributed by atoms with Gasteiger partial charge < -0.3 is 30.5 Å². The molecule has 0 aliphatic rings. The van der Waals surface area contributed by atoms with Gasteiger partial charge in [0.2, 0.25) is 11.8 Å². The molecule has 0 fully saturated rings. The molecule has 1 aromatic rings. The smallest absolute Gasteiger partial charge is 0.411 e. The van der Waals surface area contributed by atoms with Crippen molar-refractivity contribution in [1.29, 1.82) is 0 Å². The summed E-state index contributed by atoms with van der Waals surface area (Å²) < 4.78 is 46.5. The molecule has 3 amide bonds. The van der Waals surface area contributed by atoms with Crippen LogP contribution in [0.5, 0.6) is 0 Å². The fourth-order valence-electron chi connectivity index (χ4n) is 3.42. The van der Waals surface area contributed by atoms with Crippen molar-refractivity contribution in [2.24, 2.45) is 11.8 Å². The van der Waals surface area contributed by atoms with Crippen molar-refractivity contribution in [2.45, 2.75) is 71.4 Å². The molecule has 0 aromatic heterocycles. The minimum atomic E-state index is -4.70. The molecule has 0 bridgehead atoms. The molecule has 224 valence electrons. The van der Waals surface area contributed by atoms with Crippen LogP contribution in [0.15, 0.2) is 30.3 Å². The number of aliphatic carboxylic acids is 1. The van der Waals surface area contributed by atoms with E-state index in [0.29, 0.717) is 6.42 Å². The van der Waals surface area contributed by atoms with Crippen LogP contribution in [0.25, 0.3) is 0 Å². The minimum absolute atomic E-state index is 0.0390. The summed E-state index contributed by atoms with van der Waals surface area (Å²) in [6, 6.07) is 4.76. The molecule has 0 aliphatic carbocycles. The second-order valence-corrected chi connectivity index (χ2v) is 9.53. The monoisotopic (exact) mass is 575 g/mol. The molecular weight excluding hydrogens is 539 g/mol. The summed E-state index contributed by atoms with van der Waals surface area (Å²) in [4.78, 5) is 62.1. The van der Waals surface area contributed by atoms with Crippen LogP contribution < -0.4 is 16.0 Å². The number of alkyl carbamates (subject to hydrolysis) is 1. The fraction of sp³-hybridized carbons (Fsp3) is 0.577. The Morgan fingerprint density at radius 2 is 1.52 bits per heavy atom. The second kappa shape index (κ2) is 16.4. The molecule has 4 N–H and O–H groups in total. The number of ether oxygens (including phenoxy) is 2. The van der Waals surface area contributed by atoms with Crippen LogP contribution in [-0.4, -0.2) is 72.3 Å². The topological polar surface area (TPSA) is 160 Å². The first-order chi connectivity index (χ1) is 18.6. The first-order valence-electron chi connectivity index (χ1n) is 12.6. The third kappa shape index (κ3) is 12.9. The molecular formula is C26H36F3N3O8. The van der Waals surface area contributed by atoms with Crippen LogP contribution in [0.3, 0.4) is 0 Å². The van der Waals surface area contributed by atoms with Gasteiger partial charge in [0, 0.05) is 0 Å². The third-order valence-electron chi connectivity index (χ3n) is 5.82. The lowest BCUT2D eigenvalue weighted by Gasteiger charge is -2.29. The maximum Gasteiger partial charge on any atom is 0.411 e. The van der Waals surface area contributed by atoms with Crippen LogP contribution in [0.4, 0.5) is 18.0 Å². The Labute approximate surface area is 230 Å². The lowest BCUT2D eigenvalue weighted by molar-refractivity contribution is -0.176. The number of Topliss-reactive ketones (excluding diaryl/α,β-unsaturated/α-hetero) is 1. The van der Waals surface area contributed by atoms with E-state index in [1.54, 1.807) is 58.0 Å². The molecule has 0 spiro atoms. The summed E-state index contributed by atoms with van der Waals surface area (Å²) in [6.07, 6.45) is -6.10. The Kier molecular flexibility index (Phi) is 14.1. The number of hydrogen-bond acceptors (Lipinski definition) is 7. The summed E-state index contributed by atoms with van der Waals surface area (Å²) >= 11 is 0. The van der Waals surface area contributed by atoms with Crippen LogP contribution in [0, 0.1) is 11.8 Å². The van der Waals surface area contributed by atoms with Gasteiger partial charge in [-0.3, -0.25) is 19.2 Å². The minimum Gasteiger partial charge on any atom is -0.481 e. The van der Waals surface area contributed by atoms with Crippen molar-refractivity contribution in [1.82, 2.24) is 16.0 Å². The average Bonchev–Trinajstić information content (AvgIpc) is 2.87. The molecule has 40 heavy (non-hydrogen) atoms. The van der Waals surface area contributed by atoms with E-state index in [2.05, 4.69) is 20.7 Å². The van der Waals surface area contributed by atoms with Gasteiger partial charge in [-0.1, -0.05) is 64.4 Å². The first kappa shape index (κ1) is 34.3. The van der Waals surface area contributed by atoms with E-state index in [0.717, 1.165) is 5.56 Å². The molecule has 0 saturated carbocycles. The van der Waals surface area contributed by atoms with Gasteiger partial charge in [0.15, 0.2) is 5.78 Å². The number of ketones is 1. The molecule has 0 heterocycles. The zero-order valence-electron chi connectivity index (χ0n) is 22.7. The predicted octanol–water partition coefficient (Wildman–Crippen LogP) is 2.58. The summed E-state index contributed by atoms with van der Waals surface area (Å²) in [5.74, 6) is -5.18. The van der Waals surface area contributed by atoms with Gasteiger partial charge in [-0.05, 0) is 17.4 Å². The number of carboxylic acids is 1. The zero-order chi connectivity index (χ0) is 30.5. The maximum atomic E-state index is 13.1.